The van der Waals surface area contributed by atoms with Gasteiger partial charge in [-0.3, -0.25) is 4.79 Å². The Labute approximate surface area is 126 Å². The molecular formula is C14H19F2NO3S. The third kappa shape index (κ3) is 3.91. The van der Waals surface area contributed by atoms with Crippen LogP contribution in [-0.4, -0.2) is 41.7 Å². The summed E-state index contributed by atoms with van der Waals surface area (Å²) < 4.78 is 29.2. The molecule has 0 aromatic carbocycles. The smallest absolute Gasteiger partial charge is 0.387 e. The van der Waals surface area contributed by atoms with Gasteiger partial charge in [-0.25, -0.2) is 0 Å². The number of ether oxygens (including phenoxy) is 1. The van der Waals surface area contributed by atoms with Crippen LogP contribution in [0.3, 0.4) is 0 Å². The van der Waals surface area contributed by atoms with Gasteiger partial charge in [-0.2, -0.15) is 8.78 Å². The van der Waals surface area contributed by atoms with Crippen LogP contribution < -0.4 is 4.74 Å². The van der Waals surface area contributed by atoms with E-state index < -0.39 is 12.7 Å². The highest BCUT2D eigenvalue weighted by molar-refractivity contribution is 7.14. The Morgan fingerprint density at radius 3 is 2.90 bits per heavy atom. The molecule has 21 heavy (non-hydrogen) atoms. The van der Waals surface area contributed by atoms with Gasteiger partial charge in [-0.1, -0.05) is 0 Å². The fraction of sp³-hybridized carbons (Fsp3) is 0.643. The fourth-order valence-corrected chi connectivity index (χ4v) is 3.47. The van der Waals surface area contributed by atoms with E-state index in [1.807, 2.05) is 0 Å². The average molecular weight is 319 g/mol. The number of hydrogen-bond donors (Lipinski definition) is 1. The van der Waals surface area contributed by atoms with Crippen LogP contribution in [-0.2, 0) is 0 Å². The number of halogens is 2. The standard InChI is InChI=1S/C14H19F2NO3S/c1-8-6-11(20-14(15)16)12(21-8)13(19)17-5-3-4-10(7-17)9(2)18/h6,9-10,14,18H,3-5,7H2,1-2H3. The summed E-state index contributed by atoms with van der Waals surface area (Å²) in [6, 6.07) is 1.46. The van der Waals surface area contributed by atoms with Gasteiger partial charge in [-0.15, -0.1) is 11.3 Å². The molecule has 2 atom stereocenters. The van der Waals surface area contributed by atoms with Gasteiger partial charge in [0.1, 0.15) is 10.6 Å². The Morgan fingerprint density at radius 1 is 1.57 bits per heavy atom. The molecule has 1 aromatic rings. The summed E-state index contributed by atoms with van der Waals surface area (Å²) in [5.74, 6) is -0.325. The Bertz CT molecular complexity index is 504. The lowest BCUT2D eigenvalue weighted by atomic mass is 9.93. The Kier molecular flexibility index (Phi) is 5.16. The molecule has 1 N–H and O–H groups in total. The Balaban J connectivity index is 2.15. The number of piperidine rings is 1. The van der Waals surface area contributed by atoms with Crippen LogP contribution in [0.25, 0.3) is 0 Å². The highest BCUT2D eigenvalue weighted by atomic mass is 32.1. The second kappa shape index (κ2) is 6.70. The normalized spacial score (nSPS) is 20.7. The molecule has 0 aliphatic carbocycles. The van der Waals surface area contributed by atoms with Crippen LogP contribution in [0.2, 0.25) is 0 Å². The quantitative estimate of drug-likeness (QED) is 0.928. The molecule has 7 heteroatoms. The lowest BCUT2D eigenvalue weighted by molar-refractivity contribution is -0.0500. The van der Waals surface area contributed by atoms with E-state index in [1.165, 1.54) is 6.07 Å². The number of aliphatic hydroxyl groups excluding tert-OH is 1. The van der Waals surface area contributed by atoms with Crippen LogP contribution in [0, 0.1) is 12.8 Å². The van der Waals surface area contributed by atoms with E-state index in [0.29, 0.717) is 13.1 Å². The summed E-state index contributed by atoms with van der Waals surface area (Å²) in [4.78, 5) is 15.1. The van der Waals surface area contributed by atoms with Gasteiger partial charge >= 0.3 is 6.61 Å². The first-order chi connectivity index (χ1) is 9.88. The largest absolute Gasteiger partial charge is 0.433 e. The first-order valence-electron chi connectivity index (χ1n) is 6.91. The number of nitrogens with zero attached hydrogens (tertiary/aromatic N) is 1. The van der Waals surface area contributed by atoms with Crippen molar-refractivity contribution in [3.8, 4) is 5.75 Å². The molecule has 1 fully saturated rings. The number of amides is 1. The van der Waals surface area contributed by atoms with Gasteiger partial charge in [0, 0.05) is 23.9 Å². The number of alkyl halides is 2. The molecule has 0 saturated carbocycles. The molecule has 0 radical (unpaired) electrons. The van der Waals surface area contributed by atoms with Crippen molar-refractivity contribution in [2.45, 2.75) is 39.4 Å². The molecule has 1 aliphatic rings. The predicted molar refractivity (Wildman–Crippen MR) is 76.0 cm³/mol. The number of aryl methyl sites for hydroxylation is 1. The van der Waals surface area contributed by atoms with Gasteiger partial charge in [-0.05, 0) is 32.8 Å². The van der Waals surface area contributed by atoms with Crippen LogP contribution in [0.5, 0.6) is 5.75 Å². The average Bonchev–Trinajstić information content (AvgIpc) is 2.78. The zero-order chi connectivity index (χ0) is 15.6. The summed E-state index contributed by atoms with van der Waals surface area (Å²) in [5, 5.41) is 9.67. The van der Waals surface area contributed by atoms with E-state index in [4.69, 9.17) is 0 Å². The van der Waals surface area contributed by atoms with Crippen molar-refractivity contribution in [1.29, 1.82) is 0 Å². The van der Waals surface area contributed by atoms with Crippen LogP contribution in [0.4, 0.5) is 8.78 Å². The fourth-order valence-electron chi connectivity index (χ4n) is 2.56. The molecule has 1 saturated heterocycles. The molecule has 2 rings (SSSR count). The lowest BCUT2D eigenvalue weighted by Gasteiger charge is -2.34. The van der Waals surface area contributed by atoms with Crippen LogP contribution in [0.15, 0.2) is 6.07 Å². The van der Waals surface area contributed by atoms with Crippen molar-refractivity contribution in [3.05, 3.63) is 15.8 Å². The maximum absolute atomic E-state index is 12.5. The summed E-state index contributed by atoms with van der Waals surface area (Å²) >= 11 is 1.16. The highest BCUT2D eigenvalue weighted by Crippen LogP contribution is 2.32. The maximum atomic E-state index is 12.5. The third-order valence-electron chi connectivity index (χ3n) is 3.66. The second-order valence-corrected chi connectivity index (χ2v) is 6.58. The van der Waals surface area contributed by atoms with E-state index in [2.05, 4.69) is 4.74 Å². The molecule has 0 spiro atoms. The predicted octanol–water partition coefficient (Wildman–Crippen LogP) is 2.89. The van der Waals surface area contributed by atoms with Gasteiger partial charge < -0.3 is 14.7 Å². The molecule has 1 aromatic heterocycles. The molecule has 1 aliphatic heterocycles. The van der Waals surface area contributed by atoms with Gasteiger partial charge in [0.25, 0.3) is 5.91 Å². The van der Waals surface area contributed by atoms with Gasteiger partial charge in [0.2, 0.25) is 0 Å². The third-order valence-corrected chi connectivity index (χ3v) is 4.68. The van der Waals surface area contributed by atoms with E-state index >= 15 is 0 Å². The molecule has 1 amide bonds. The van der Waals surface area contributed by atoms with Crippen molar-refractivity contribution in [2.75, 3.05) is 13.1 Å². The number of aliphatic hydroxyl groups is 1. The number of likely N-dealkylation sites (tertiary alicyclic amines) is 1. The molecule has 2 heterocycles. The first kappa shape index (κ1) is 16.2. The number of rotatable bonds is 4. The molecular weight excluding hydrogens is 300 g/mol. The molecule has 2 unspecified atom stereocenters. The van der Waals surface area contributed by atoms with E-state index in [9.17, 15) is 18.7 Å². The van der Waals surface area contributed by atoms with Crippen molar-refractivity contribution in [1.82, 2.24) is 4.90 Å². The zero-order valence-corrected chi connectivity index (χ0v) is 12.8. The number of carbonyl (C=O) groups is 1. The Hall–Kier alpha value is -1.21. The van der Waals surface area contributed by atoms with E-state index in [0.717, 1.165) is 29.1 Å². The highest BCUT2D eigenvalue weighted by Gasteiger charge is 2.30. The minimum absolute atomic E-state index is 0.0308. The van der Waals surface area contributed by atoms with Crippen molar-refractivity contribution in [2.24, 2.45) is 5.92 Å². The van der Waals surface area contributed by atoms with Gasteiger partial charge in [0.15, 0.2) is 0 Å². The van der Waals surface area contributed by atoms with Gasteiger partial charge in [0.05, 0.1) is 6.10 Å². The van der Waals surface area contributed by atoms with Crippen molar-refractivity contribution in [3.63, 3.8) is 0 Å². The van der Waals surface area contributed by atoms with Crippen molar-refractivity contribution < 1.29 is 23.4 Å². The summed E-state index contributed by atoms with van der Waals surface area (Å²) in [5.41, 5.74) is 0. The topological polar surface area (TPSA) is 49.8 Å². The molecule has 0 bridgehead atoms. The lowest BCUT2D eigenvalue weighted by Crippen LogP contribution is -2.42. The summed E-state index contributed by atoms with van der Waals surface area (Å²) in [7, 11) is 0. The molecule has 4 nitrogen and oxygen atoms in total. The van der Waals surface area contributed by atoms with E-state index in [1.54, 1.807) is 18.7 Å². The van der Waals surface area contributed by atoms with E-state index in [-0.39, 0.29) is 22.5 Å². The summed E-state index contributed by atoms with van der Waals surface area (Å²) in [6.45, 7) is 1.53. The minimum Gasteiger partial charge on any atom is -0.433 e. The number of thiophene rings is 1. The summed E-state index contributed by atoms with van der Waals surface area (Å²) in [6.07, 6.45) is 1.18. The molecule has 118 valence electrons. The monoisotopic (exact) mass is 319 g/mol. The SMILES string of the molecule is Cc1cc(OC(F)F)c(C(=O)N2CCCC(C(C)O)C2)s1. The maximum Gasteiger partial charge on any atom is 0.387 e. The first-order valence-corrected chi connectivity index (χ1v) is 7.72. The van der Waals surface area contributed by atoms with Crippen molar-refractivity contribution >= 4 is 17.2 Å². The van der Waals surface area contributed by atoms with Crippen LogP contribution in [0.1, 0.15) is 34.3 Å². The van der Waals surface area contributed by atoms with Crippen LogP contribution >= 0.6 is 11.3 Å². The Morgan fingerprint density at radius 2 is 2.29 bits per heavy atom. The minimum atomic E-state index is -2.95. The number of hydrogen-bond acceptors (Lipinski definition) is 4. The second-order valence-electron chi connectivity index (χ2n) is 5.32. The zero-order valence-electron chi connectivity index (χ0n) is 12.0. The number of carbonyl (C=O) groups excluding carboxylic acids is 1.